The van der Waals surface area contributed by atoms with Crippen molar-refractivity contribution in [1.29, 1.82) is 0 Å². The Morgan fingerprint density at radius 2 is 1.89 bits per heavy atom. The van der Waals surface area contributed by atoms with E-state index in [0.717, 1.165) is 46.1 Å². The van der Waals surface area contributed by atoms with Crippen LogP contribution in [0.3, 0.4) is 0 Å². The topological polar surface area (TPSA) is 41.6 Å². The zero-order valence-corrected chi connectivity index (χ0v) is 15.4. The van der Waals surface area contributed by atoms with Crippen LogP contribution >= 0.6 is 0 Å². The molecule has 0 N–H and O–H groups in total. The van der Waals surface area contributed by atoms with E-state index >= 15 is 0 Å². The van der Waals surface area contributed by atoms with Crippen LogP contribution in [0.15, 0.2) is 58.0 Å². The Bertz CT molecular complexity index is 1030. The molecule has 2 aromatic carbocycles. The molecular formula is C21H18F3N3O. The number of alkyl halides is 3. The summed E-state index contributed by atoms with van der Waals surface area (Å²) in [6, 6.07) is 12.9. The lowest BCUT2D eigenvalue weighted by atomic mass is 10.1. The zero-order valence-electron chi connectivity index (χ0n) is 15.4. The van der Waals surface area contributed by atoms with Gasteiger partial charge in [-0.2, -0.15) is 13.2 Å². The van der Waals surface area contributed by atoms with Gasteiger partial charge in [-0.3, -0.25) is 4.99 Å². The number of rotatable bonds is 3. The van der Waals surface area contributed by atoms with Crippen molar-refractivity contribution in [2.75, 3.05) is 11.4 Å². The molecule has 0 saturated heterocycles. The molecule has 0 unspecified atom stereocenters. The molecule has 0 radical (unpaired) electrons. The highest BCUT2D eigenvalue weighted by Crippen LogP contribution is 2.34. The van der Waals surface area contributed by atoms with Crippen molar-refractivity contribution in [3.63, 3.8) is 0 Å². The smallest absolute Gasteiger partial charge is 0.361 e. The second-order valence-electron chi connectivity index (χ2n) is 6.78. The quantitative estimate of drug-likeness (QED) is 0.602. The van der Waals surface area contributed by atoms with E-state index in [1.165, 1.54) is 6.07 Å². The summed E-state index contributed by atoms with van der Waals surface area (Å²) < 4.78 is 44.2. The van der Waals surface area contributed by atoms with E-state index < -0.39 is 11.7 Å². The van der Waals surface area contributed by atoms with Crippen LogP contribution in [0.1, 0.15) is 28.1 Å². The molecule has 0 bridgehead atoms. The first-order chi connectivity index (χ1) is 13.3. The summed E-state index contributed by atoms with van der Waals surface area (Å²) in [6.45, 7) is 4.86. The van der Waals surface area contributed by atoms with E-state index in [0.29, 0.717) is 18.8 Å². The SMILES string of the molecule is Cc1noc(C)c1CN1CC(=Nc2cccc(C(F)(F)F)c2)c2ccccc21. The fraction of sp³-hybridized carbons (Fsp3) is 0.238. The molecule has 144 valence electrons. The average Bonchev–Trinajstić information content (AvgIpc) is 3.17. The van der Waals surface area contributed by atoms with Crippen molar-refractivity contribution in [1.82, 2.24) is 5.16 Å². The van der Waals surface area contributed by atoms with E-state index in [-0.39, 0.29) is 0 Å². The maximum atomic E-state index is 13.0. The largest absolute Gasteiger partial charge is 0.416 e. The number of benzene rings is 2. The van der Waals surface area contributed by atoms with Crippen LogP contribution in [0.25, 0.3) is 0 Å². The van der Waals surface area contributed by atoms with Gasteiger partial charge in [0.25, 0.3) is 0 Å². The molecule has 7 heteroatoms. The molecule has 2 heterocycles. The lowest BCUT2D eigenvalue weighted by Crippen LogP contribution is -2.22. The van der Waals surface area contributed by atoms with Gasteiger partial charge < -0.3 is 9.42 Å². The Hall–Kier alpha value is -3.09. The van der Waals surface area contributed by atoms with Crippen LogP contribution in [0.2, 0.25) is 0 Å². The highest BCUT2D eigenvalue weighted by Gasteiger charge is 2.31. The first-order valence-electron chi connectivity index (χ1n) is 8.84. The second-order valence-corrected chi connectivity index (χ2v) is 6.78. The normalized spacial score (nSPS) is 15.3. The van der Waals surface area contributed by atoms with Crippen LogP contribution in [0.4, 0.5) is 24.5 Å². The first kappa shape index (κ1) is 18.3. The van der Waals surface area contributed by atoms with Gasteiger partial charge in [0.05, 0.1) is 29.2 Å². The molecule has 0 saturated carbocycles. The van der Waals surface area contributed by atoms with Crippen molar-refractivity contribution in [3.05, 3.63) is 76.7 Å². The molecule has 0 fully saturated rings. The highest BCUT2D eigenvalue weighted by atomic mass is 19.4. The lowest BCUT2D eigenvalue weighted by molar-refractivity contribution is -0.137. The minimum Gasteiger partial charge on any atom is -0.361 e. The minimum absolute atomic E-state index is 0.291. The fourth-order valence-electron chi connectivity index (χ4n) is 3.41. The number of aromatic nitrogens is 1. The van der Waals surface area contributed by atoms with Crippen molar-refractivity contribution in [3.8, 4) is 0 Å². The number of nitrogens with zero attached hydrogens (tertiary/aromatic N) is 3. The van der Waals surface area contributed by atoms with Gasteiger partial charge in [-0.05, 0) is 38.1 Å². The zero-order chi connectivity index (χ0) is 19.9. The Kier molecular flexibility index (Phi) is 4.45. The predicted octanol–water partition coefficient (Wildman–Crippen LogP) is 5.45. The van der Waals surface area contributed by atoms with Crippen LogP contribution in [0, 0.1) is 13.8 Å². The van der Waals surface area contributed by atoms with Crippen molar-refractivity contribution < 1.29 is 17.7 Å². The van der Waals surface area contributed by atoms with Gasteiger partial charge >= 0.3 is 6.18 Å². The van der Waals surface area contributed by atoms with Crippen molar-refractivity contribution in [2.45, 2.75) is 26.6 Å². The molecular weight excluding hydrogens is 367 g/mol. The lowest BCUT2D eigenvalue weighted by Gasteiger charge is -2.18. The van der Waals surface area contributed by atoms with Gasteiger partial charge in [0, 0.05) is 23.4 Å². The fourth-order valence-corrected chi connectivity index (χ4v) is 3.41. The molecule has 4 nitrogen and oxygen atoms in total. The Labute approximate surface area is 160 Å². The van der Waals surface area contributed by atoms with Gasteiger partial charge in [-0.1, -0.05) is 29.4 Å². The summed E-state index contributed by atoms with van der Waals surface area (Å²) in [5.74, 6) is 0.762. The van der Waals surface area contributed by atoms with Crippen molar-refractivity contribution >= 4 is 17.1 Å². The molecule has 1 aliphatic heterocycles. The number of hydrogen-bond donors (Lipinski definition) is 0. The summed E-state index contributed by atoms with van der Waals surface area (Å²) in [5, 5.41) is 4.00. The van der Waals surface area contributed by atoms with Gasteiger partial charge in [0.2, 0.25) is 0 Å². The van der Waals surface area contributed by atoms with E-state index in [1.54, 1.807) is 6.07 Å². The van der Waals surface area contributed by atoms with Gasteiger partial charge in [0.1, 0.15) is 5.76 Å². The monoisotopic (exact) mass is 385 g/mol. The number of anilines is 1. The minimum atomic E-state index is -4.39. The number of para-hydroxylation sites is 1. The molecule has 0 amide bonds. The van der Waals surface area contributed by atoms with Gasteiger partial charge in [-0.15, -0.1) is 0 Å². The second kappa shape index (κ2) is 6.82. The Morgan fingerprint density at radius 3 is 2.61 bits per heavy atom. The van der Waals surface area contributed by atoms with Crippen LogP contribution in [0.5, 0.6) is 0 Å². The predicted molar refractivity (Wildman–Crippen MR) is 101 cm³/mol. The third-order valence-corrected chi connectivity index (χ3v) is 4.86. The number of fused-ring (bicyclic) bond motifs is 1. The maximum absolute atomic E-state index is 13.0. The Morgan fingerprint density at radius 1 is 1.11 bits per heavy atom. The van der Waals surface area contributed by atoms with Gasteiger partial charge in [0.15, 0.2) is 0 Å². The van der Waals surface area contributed by atoms with Crippen LogP contribution in [-0.4, -0.2) is 17.4 Å². The number of hydrogen-bond acceptors (Lipinski definition) is 4. The standard InChI is InChI=1S/C21H18F3N3O/c1-13-18(14(2)28-26-13)11-27-12-19(17-8-3-4-9-20(17)27)25-16-7-5-6-15(10-16)21(22,23)24/h3-10H,11-12H2,1-2H3. The van der Waals surface area contributed by atoms with Gasteiger partial charge in [-0.25, -0.2) is 0 Å². The summed E-state index contributed by atoms with van der Waals surface area (Å²) in [4.78, 5) is 6.67. The molecule has 28 heavy (non-hydrogen) atoms. The number of aliphatic imine (C=N–C) groups is 1. The third kappa shape index (κ3) is 3.40. The highest BCUT2D eigenvalue weighted by molar-refractivity contribution is 6.12. The van der Waals surface area contributed by atoms with E-state index in [1.807, 2.05) is 38.1 Å². The molecule has 0 aliphatic carbocycles. The summed E-state index contributed by atoms with van der Waals surface area (Å²) >= 11 is 0. The molecule has 4 rings (SSSR count). The van der Waals surface area contributed by atoms with Crippen LogP contribution in [-0.2, 0) is 12.7 Å². The van der Waals surface area contributed by atoms with E-state index in [4.69, 9.17) is 4.52 Å². The van der Waals surface area contributed by atoms with Crippen molar-refractivity contribution in [2.24, 2.45) is 4.99 Å². The van der Waals surface area contributed by atoms with E-state index in [9.17, 15) is 13.2 Å². The molecule has 1 aliphatic rings. The molecule has 1 aromatic heterocycles. The summed E-state index contributed by atoms with van der Waals surface area (Å²) in [5.41, 5.74) is 4.09. The molecule has 0 atom stereocenters. The summed E-state index contributed by atoms with van der Waals surface area (Å²) in [6.07, 6.45) is -4.39. The number of halogens is 3. The Balaban J connectivity index is 1.69. The number of aryl methyl sites for hydroxylation is 2. The average molecular weight is 385 g/mol. The molecule has 3 aromatic rings. The summed E-state index contributed by atoms with van der Waals surface area (Å²) in [7, 11) is 0. The first-order valence-corrected chi connectivity index (χ1v) is 8.84. The van der Waals surface area contributed by atoms with E-state index in [2.05, 4.69) is 15.0 Å². The third-order valence-electron chi connectivity index (χ3n) is 4.86. The molecule has 0 spiro atoms. The van der Waals surface area contributed by atoms with Crippen LogP contribution < -0.4 is 4.90 Å². The maximum Gasteiger partial charge on any atom is 0.416 e.